The Hall–Kier alpha value is -0.860. The van der Waals surface area contributed by atoms with Gasteiger partial charge >= 0.3 is 0 Å². The fourth-order valence-corrected chi connectivity index (χ4v) is 1.40. The lowest BCUT2D eigenvalue weighted by Gasteiger charge is -2.10. The molecule has 0 amide bonds. The third kappa shape index (κ3) is 5.65. The van der Waals surface area contributed by atoms with E-state index in [2.05, 4.69) is 46.6 Å². The molecule has 0 atom stereocenters. The van der Waals surface area contributed by atoms with Gasteiger partial charge in [-0.3, -0.25) is 0 Å². The van der Waals surface area contributed by atoms with Crippen LogP contribution in [0, 0.1) is 0 Å². The van der Waals surface area contributed by atoms with E-state index in [1.54, 1.807) is 6.33 Å². The zero-order valence-corrected chi connectivity index (χ0v) is 13.6. The summed E-state index contributed by atoms with van der Waals surface area (Å²) in [5, 5.41) is 14.4. The third-order valence-corrected chi connectivity index (χ3v) is 2.30. The highest BCUT2D eigenvalue weighted by molar-refractivity contribution is 14.0. The first-order chi connectivity index (χ1) is 8.31. The summed E-state index contributed by atoms with van der Waals surface area (Å²) < 4.78 is 1.99. The fourth-order valence-electron chi connectivity index (χ4n) is 1.40. The van der Waals surface area contributed by atoms with E-state index in [1.165, 1.54) is 0 Å². The number of nitrogens with one attached hydrogen (secondary N) is 2. The normalized spacial score (nSPS) is 10.9. The van der Waals surface area contributed by atoms with Crippen LogP contribution in [0.4, 0.5) is 0 Å². The van der Waals surface area contributed by atoms with Crippen molar-refractivity contribution in [1.29, 1.82) is 0 Å². The van der Waals surface area contributed by atoms with Crippen LogP contribution in [0.2, 0.25) is 0 Å². The monoisotopic (exact) mass is 366 g/mol. The average molecular weight is 366 g/mol. The van der Waals surface area contributed by atoms with Crippen LogP contribution < -0.4 is 10.6 Å². The van der Waals surface area contributed by atoms with Crippen LogP contribution in [0.15, 0.2) is 11.3 Å². The topological polar surface area (TPSA) is 67.1 Å². The van der Waals surface area contributed by atoms with Crippen molar-refractivity contribution in [3.8, 4) is 0 Å². The lowest BCUT2D eigenvalue weighted by molar-refractivity contribution is 0.693. The smallest absolute Gasteiger partial charge is 0.191 e. The largest absolute Gasteiger partial charge is 0.357 e. The molecule has 0 bridgehead atoms. The Morgan fingerprint density at radius 1 is 1.33 bits per heavy atom. The number of hydrogen-bond donors (Lipinski definition) is 2. The first-order valence-corrected chi connectivity index (χ1v) is 6.20. The molecule has 104 valence electrons. The molecule has 1 heterocycles. The summed E-state index contributed by atoms with van der Waals surface area (Å²) in [6.07, 6.45) is 2.81. The quantitative estimate of drug-likeness (QED) is 0.454. The van der Waals surface area contributed by atoms with Crippen molar-refractivity contribution < 1.29 is 0 Å². The highest BCUT2D eigenvalue weighted by atomic mass is 127. The Morgan fingerprint density at radius 3 is 2.72 bits per heavy atom. The van der Waals surface area contributed by atoms with Gasteiger partial charge in [-0.05, 0) is 20.3 Å². The summed E-state index contributed by atoms with van der Waals surface area (Å²) in [7, 11) is 0. The van der Waals surface area contributed by atoms with E-state index in [4.69, 9.17) is 0 Å². The van der Waals surface area contributed by atoms with Crippen LogP contribution >= 0.6 is 24.0 Å². The van der Waals surface area contributed by atoms with Crippen LogP contribution in [0.5, 0.6) is 0 Å². The second kappa shape index (κ2) is 10.1. The summed E-state index contributed by atoms with van der Waals surface area (Å²) in [5.74, 6) is 1.72. The molecular weight excluding hydrogens is 343 g/mol. The molecule has 0 spiro atoms. The van der Waals surface area contributed by atoms with Gasteiger partial charge in [0.1, 0.15) is 12.9 Å². The maximum Gasteiger partial charge on any atom is 0.191 e. The molecular formula is C11H23IN6. The number of aliphatic imine (C=N–C) groups is 1. The van der Waals surface area contributed by atoms with Gasteiger partial charge < -0.3 is 15.2 Å². The number of halogens is 1. The predicted molar refractivity (Wildman–Crippen MR) is 84.2 cm³/mol. The number of guanidine groups is 1. The molecule has 0 aliphatic rings. The minimum atomic E-state index is 0. The minimum Gasteiger partial charge on any atom is -0.357 e. The van der Waals surface area contributed by atoms with Crippen molar-refractivity contribution in [3.63, 3.8) is 0 Å². The lowest BCUT2D eigenvalue weighted by Crippen LogP contribution is -2.37. The van der Waals surface area contributed by atoms with Crippen molar-refractivity contribution in [2.45, 2.75) is 40.3 Å². The molecule has 2 N–H and O–H groups in total. The molecule has 1 aromatic rings. The molecule has 0 unspecified atom stereocenters. The number of aromatic nitrogens is 3. The zero-order valence-electron chi connectivity index (χ0n) is 11.3. The van der Waals surface area contributed by atoms with Gasteiger partial charge in [-0.25, -0.2) is 4.99 Å². The molecule has 0 aliphatic heterocycles. The Kier molecular flexibility index (Phi) is 9.62. The van der Waals surface area contributed by atoms with Crippen LogP contribution in [-0.4, -0.2) is 33.8 Å². The maximum atomic E-state index is 4.47. The maximum absolute atomic E-state index is 4.47. The molecule has 18 heavy (non-hydrogen) atoms. The highest BCUT2D eigenvalue weighted by Crippen LogP contribution is 1.96. The van der Waals surface area contributed by atoms with E-state index in [1.807, 2.05) is 4.57 Å². The molecule has 0 saturated heterocycles. The number of aryl methyl sites for hydroxylation is 1. The Labute approximate surface area is 126 Å². The van der Waals surface area contributed by atoms with Crippen LogP contribution in [0.25, 0.3) is 0 Å². The molecule has 0 aromatic carbocycles. The summed E-state index contributed by atoms with van der Waals surface area (Å²) in [6.45, 7) is 9.45. The van der Waals surface area contributed by atoms with Crippen molar-refractivity contribution >= 4 is 29.9 Å². The molecule has 1 aromatic heterocycles. The van der Waals surface area contributed by atoms with Gasteiger partial charge in [0.2, 0.25) is 0 Å². The molecule has 7 heteroatoms. The number of nitrogens with zero attached hydrogens (tertiary/aromatic N) is 4. The van der Waals surface area contributed by atoms with E-state index in [-0.39, 0.29) is 24.0 Å². The molecule has 1 rings (SSSR count). The molecule has 0 aliphatic carbocycles. The number of hydrogen-bond acceptors (Lipinski definition) is 3. The third-order valence-electron chi connectivity index (χ3n) is 2.30. The second-order valence-corrected chi connectivity index (χ2v) is 3.66. The predicted octanol–water partition coefficient (Wildman–Crippen LogP) is 1.38. The Balaban J connectivity index is 0.00000289. The number of rotatable bonds is 6. The van der Waals surface area contributed by atoms with Gasteiger partial charge in [0, 0.05) is 19.6 Å². The van der Waals surface area contributed by atoms with Gasteiger partial charge in [-0.15, -0.1) is 34.2 Å². The van der Waals surface area contributed by atoms with E-state index in [0.717, 1.165) is 37.8 Å². The molecule has 0 saturated carbocycles. The van der Waals surface area contributed by atoms with Gasteiger partial charge in [-0.1, -0.05) is 6.92 Å². The molecule has 6 nitrogen and oxygen atoms in total. The van der Waals surface area contributed by atoms with Crippen LogP contribution in [-0.2, 0) is 13.1 Å². The SMILES string of the molecule is CCCNC(=NCc1nncn1CC)NCC.I. The van der Waals surface area contributed by atoms with Crippen molar-refractivity contribution in [2.24, 2.45) is 4.99 Å². The van der Waals surface area contributed by atoms with Gasteiger partial charge in [0.05, 0.1) is 0 Å². The van der Waals surface area contributed by atoms with Gasteiger partial charge in [0.15, 0.2) is 11.8 Å². The summed E-state index contributed by atoms with van der Waals surface area (Å²) >= 11 is 0. The summed E-state index contributed by atoms with van der Waals surface area (Å²) in [6, 6.07) is 0. The van der Waals surface area contributed by atoms with Gasteiger partial charge in [-0.2, -0.15) is 0 Å². The van der Waals surface area contributed by atoms with E-state index in [0.29, 0.717) is 6.54 Å². The van der Waals surface area contributed by atoms with Crippen LogP contribution in [0.1, 0.15) is 33.0 Å². The van der Waals surface area contributed by atoms with Crippen molar-refractivity contribution in [2.75, 3.05) is 13.1 Å². The lowest BCUT2D eigenvalue weighted by atomic mass is 10.5. The highest BCUT2D eigenvalue weighted by Gasteiger charge is 2.02. The standard InChI is InChI=1S/C11H22N6.HI/c1-4-7-13-11(12-5-2)14-8-10-16-15-9-17(10)6-3;/h9H,4-8H2,1-3H3,(H2,12,13,14);1H. The first kappa shape index (κ1) is 17.1. The average Bonchev–Trinajstić information content (AvgIpc) is 2.80. The minimum absolute atomic E-state index is 0. The van der Waals surface area contributed by atoms with Crippen molar-refractivity contribution in [1.82, 2.24) is 25.4 Å². The Morgan fingerprint density at radius 2 is 2.11 bits per heavy atom. The van der Waals surface area contributed by atoms with Crippen molar-refractivity contribution in [3.05, 3.63) is 12.2 Å². The van der Waals surface area contributed by atoms with E-state index in [9.17, 15) is 0 Å². The van der Waals surface area contributed by atoms with Crippen LogP contribution in [0.3, 0.4) is 0 Å². The summed E-state index contributed by atoms with van der Waals surface area (Å²) in [4.78, 5) is 4.47. The molecule has 0 fully saturated rings. The fraction of sp³-hybridized carbons (Fsp3) is 0.727. The Bertz CT molecular complexity index is 349. The summed E-state index contributed by atoms with van der Waals surface area (Å²) in [5.41, 5.74) is 0. The molecule has 0 radical (unpaired) electrons. The van der Waals surface area contributed by atoms with Gasteiger partial charge in [0.25, 0.3) is 0 Å². The second-order valence-electron chi connectivity index (χ2n) is 3.66. The first-order valence-electron chi connectivity index (χ1n) is 6.20. The van der Waals surface area contributed by atoms with E-state index >= 15 is 0 Å². The van der Waals surface area contributed by atoms with E-state index < -0.39 is 0 Å². The zero-order chi connectivity index (χ0) is 12.5.